The molecule has 0 amide bonds. The van der Waals surface area contributed by atoms with E-state index in [9.17, 15) is 14.4 Å². The van der Waals surface area contributed by atoms with Crippen molar-refractivity contribution in [2.24, 2.45) is 17.8 Å². The van der Waals surface area contributed by atoms with Crippen molar-refractivity contribution in [3.05, 3.63) is 0 Å². The van der Waals surface area contributed by atoms with Crippen molar-refractivity contribution in [1.82, 2.24) is 0 Å². The smallest absolute Gasteiger partial charge is 0.306 e. The van der Waals surface area contributed by atoms with Gasteiger partial charge >= 0.3 is 17.9 Å². The summed E-state index contributed by atoms with van der Waals surface area (Å²) in [6.45, 7) is 13.6. The maximum Gasteiger partial charge on any atom is 0.306 e. The van der Waals surface area contributed by atoms with Gasteiger partial charge in [0.1, 0.15) is 13.2 Å². The number of hydrogen-bond donors (Lipinski definition) is 0. The SMILES string of the molecule is CC(C)CCCCCCCCCCCCCC(=O)OC[C@@H](COC(=O)CCCCCCCCCCC(C)C)OC(=O)CCCCCCCCCCC(C)C. The molecule has 0 fully saturated rings. The number of ether oxygens (including phenoxy) is 3. The first-order valence-corrected chi connectivity index (χ1v) is 23.6. The molecule has 6 heteroatoms. The summed E-state index contributed by atoms with van der Waals surface area (Å²) in [4.78, 5) is 37.7. The summed E-state index contributed by atoms with van der Waals surface area (Å²) in [5.41, 5.74) is 0. The van der Waals surface area contributed by atoms with Gasteiger partial charge in [-0.05, 0) is 37.0 Å². The van der Waals surface area contributed by atoms with Crippen LogP contribution in [0.2, 0.25) is 0 Å². The zero-order chi connectivity index (χ0) is 39.9. The zero-order valence-corrected chi connectivity index (χ0v) is 37.0. The highest BCUT2D eigenvalue weighted by molar-refractivity contribution is 5.71. The van der Waals surface area contributed by atoms with E-state index >= 15 is 0 Å². The number of carbonyl (C=O) groups is 3. The minimum atomic E-state index is -0.762. The van der Waals surface area contributed by atoms with Crippen LogP contribution in [0, 0.1) is 17.8 Å². The van der Waals surface area contributed by atoms with Crippen LogP contribution in [0.5, 0.6) is 0 Å². The molecule has 0 heterocycles. The summed E-state index contributed by atoms with van der Waals surface area (Å²) >= 11 is 0. The fourth-order valence-corrected chi connectivity index (χ4v) is 7.06. The van der Waals surface area contributed by atoms with Crippen LogP contribution in [0.15, 0.2) is 0 Å². The molecule has 54 heavy (non-hydrogen) atoms. The van der Waals surface area contributed by atoms with Crippen molar-refractivity contribution in [1.29, 1.82) is 0 Å². The van der Waals surface area contributed by atoms with E-state index < -0.39 is 6.10 Å². The largest absolute Gasteiger partial charge is 0.462 e. The molecular formula is C48H92O6. The van der Waals surface area contributed by atoms with Crippen LogP contribution in [0.1, 0.15) is 253 Å². The number of hydrogen-bond acceptors (Lipinski definition) is 6. The van der Waals surface area contributed by atoms with Gasteiger partial charge in [0, 0.05) is 19.3 Å². The van der Waals surface area contributed by atoms with E-state index in [4.69, 9.17) is 14.2 Å². The van der Waals surface area contributed by atoms with Crippen molar-refractivity contribution < 1.29 is 28.6 Å². The van der Waals surface area contributed by atoms with Crippen molar-refractivity contribution in [3.63, 3.8) is 0 Å². The second-order valence-electron chi connectivity index (χ2n) is 17.8. The van der Waals surface area contributed by atoms with Gasteiger partial charge in [-0.3, -0.25) is 14.4 Å². The molecule has 0 spiro atoms. The molecule has 0 aromatic heterocycles. The highest BCUT2D eigenvalue weighted by atomic mass is 16.6. The lowest BCUT2D eigenvalue weighted by Crippen LogP contribution is -2.30. The van der Waals surface area contributed by atoms with Crippen molar-refractivity contribution >= 4 is 17.9 Å². The molecule has 0 radical (unpaired) electrons. The number of unbranched alkanes of at least 4 members (excludes halogenated alkanes) is 24. The average Bonchev–Trinajstić information content (AvgIpc) is 3.12. The molecule has 320 valence electrons. The molecule has 0 aromatic rings. The third-order valence-electron chi connectivity index (χ3n) is 10.6. The summed E-state index contributed by atoms with van der Waals surface area (Å²) in [5, 5.41) is 0. The maximum atomic E-state index is 12.7. The summed E-state index contributed by atoms with van der Waals surface area (Å²) in [7, 11) is 0. The van der Waals surface area contributed by atoms with Gasteiger partial charge in [-0.25, -0.2) is 0 Å². The molecular weight excluding hydrogens is 673 g/mol. The molecule has 0 saturated carbocycles. The van der Waals surface area contributed by atoms with Gasteiger partial charge in [0.2, 0.25) is 0 Å². The van der Waals surface area contributed by atoms with Crippen LogP contribution in [0.3, 0.4) is 0 Å². The fraction of sp³-hybridized carbons (Fsp3) is 0.938. The number of carbonyl (C=O) groups excluding carboxylic acids is 3. The lowest BCUT2D eigenvalue weighted by molar-refractivity contribution is -0.167. The fourth-order valence-electron chi connectivity index (χ4n) is 7.06. The Morgan fingerprint density at radius 2 is 0.537 bits per heavy atom. The normalized spacial score (nSPS) is 12.2. The summed E-state index contributed by atoms with van der Waals surface area (Å²) in [6, 6.07) is 0. The lowest BCUT2D eigenvalue weighted by Gasteiger charge is -2.18. The second-order valence-corrected chi connectivity index (χ2v) is 17.8. The maximum absolute atomic E-state index is 12.7. The minimum Gasteiger partial charge on any atom is -0.462 e. The topological polar surface area (TPSA) is 78.9 Å². The van der Waals surface area contributed by atoms with Crippen molar-refractivity contribution in [2.45, 2.75) is 260 Å². The Balaban J connectivity index is 4.33. The van der Waals surface area contributed by atoms with E-state index in [0.29, 0.717) is 19.3 Å². The van der Waals surface area contributed by atoms with Crippen LogP contribution in [0.25, 0.3) is 0 Å². The van der Waals surface area contributed by atoms with Crippen molar-refractivity contribution in [2.75, 3.05) is 13.2 Å². The summed E-state index contributed by atoms with van der Waals surface area (Å²) in [6.07, 6.45) is 36.7. The summed E-state index contributed by atoms with van der Waals surface area (Å²) in [5.74, 6) is 1.55. The third-order valence-corrected chi connectivity index (χ3v) is 10.6. The van der Waals surface area contributed by atoms with E-state index in [1.54, 1.807) is 0 Å². The molecule has 0 unspecified atom stereocenters. The molecule has 0 saturated heterocycles. The van der Waals surface area contributed by atoms with E-state index in [1.165, 1.54) is 135 Å². The molecule has 1 atom stereocenters. The van der Waals surface area contributed by atoms with Gasteiger partial charge in [-0.15, -0.1) is 0 Å². The minimum absolute atomic E-state index is 0.0662. The van der Waals surface area contributed by atoms with Gasteiger partial charge in [0.05, 0.1) is 0 Å². The first-order chi connectivity index (χ1) is 26.1. The Morgan fingerprint density at radius 3 is 0.796 bits per heavy atom. The number of esters is 3. The van der Waals surface area contributed by atoms with Crippen LogP contribution in [-0.4, -0.2) is 37.2 Å². The molecule has 0 N–H and O–H groups in total. The Morgan fingerprint density at radius 1 is 0.315 bits per heavy atom. The molecule has 0 aliphatic heterocycles. The predicted molar refractivity (Wildman–Crippen MR) is 229 cm³/mol. The van der Waals surface area contributed by atoms with E-state index in [0.717, 1.165) is 75.5 Å². The Labute approximate surface area is 336 Å². The average molecular weight is 765 g/mol. The first-order valence-electron chi connectivity index (χ1n) is 23.6. The van der Waals surface area contributed by atoms with Gasteiger partial charge < -0.3 is 14.2 Å². The van der Waals surface area contributed by atoms with Crippen molar-refractivity contribution in [3.8, 4) is 0 Å². The monoisotopic (exact) mass is 765 g/mol. The number of rotatable bonds is 41. The van der Waals surface area contributed by atoms with E-state index in [-0.39, 0.29) is 31.1 Å². The van der Waals surface area contributed by atoms with E-state index in [1.807, 2.05) is 0 Å². The van der Waals surface area contributed by atoms with E-state index in [2.05, 4.69) is 41.5 Å². The third kappa shape index (κ3) is 41.6. The Hall–Kier alpha value is -1.59. The van der Waals surface area contributed by atoms with Crippen LogP contribution in [0.4, 0.5) is 0 Å². The highest BCUT2D eigenvalue weighted by Gasteiger charge is 2.19. The Kier molecular flexibility index (Phi) is 38.5. The molecule has 0 aromatic carbocycles. The quantitative estimate of drug-likeness (QED) is 0.0350. The lowest BCUT2D eigenvalue weighted by atomic mass is 10.0. The second kappa shape index (κ2) is 39.6. The molecule has 0 aliphatic carbocycles. The van der Waals surface area contributed by atoms with Crippen LogP contribution in [-0.2, 0) is 28.6 Å². The van der Waals surface area contributed by atoms with Gasteiger partial charge in [-0.2, -0.15) is 0 Å². The zero-order valence-electron chi connectivity index (χ0n) is 37.0. The molecule has 0 aliphatic rings. The van der Waals surface area contributed by atoms with Gasteiger partial charge in [-0.1, -0.05) is 215 Å². The van der Waals surface area contributed by atoms with Crippen LogP contribution < -0.4 is 0 Å². The first kappa shape index (κ1) is 52.4. The van der Waals surface area contributed by atoms with Crippen LogP contribution >= 0.6 is 0 Å². The summed E-state index contributed by atoms with van der Waals surface area (Å²) < 4.78 is 16.7. The van der Waals surface area contributed by atoms with Gasteiger partial charge in [0.15, 0.2) is 6.10 Å². The molecule has 6 nitrogen and oxygen atoms in total. The standard InChI is InChI=1S/C48H92O6/c1-42(2)34-28-22-16-10-8-7-9-11-19-25-31-37-46(49)52-40-45(54-48(51)39-33-27-21-15-13-18-24-30-36-44(5)6)41-53-47(50)38-32-26-20-14-12-17-23-29-35-43(3)4/h42-45H,7-41H2,1-6H3/t45-/m0/s1. The predicted octanol–water partition coefficient (Wildman–Crippen LogP) is 14.8. The van der Waals surface area contributed by atoms with Gasteiger partial charge in [0.25, 0.3) is 0 Å². The highest BCUT2D eigenvalue weighted by Crippen LogP contribution is 2.17. The molecule has 0 bridgehead atoms. The molecule has 0 rings (SSSR count). The Bertz CT molecular complexity index is 837.